The van der Waals surface area contributed by atoms with Crippen LogP contribution in [0.4, 0.5) is 0 Å². The third-order valence-electron chi connectivity index (χ3n) is 1.82. The Morgan fingerprint density at radius 3 is 2.71 bits per heavy atom. The monoisotopic (exact) mass is 203 g/mol. The molecule has 0 saturated carbocycles. The molecule has 0 rings (SSSR count). The highest BCUT2D eigenvalue weighted by molar-refractivity contribution is 5.78. The van der Waals surface area contributed by atoms with Crippen molar-refractivity contribution in [1.29, 1.82) is 0 Å². The second-order valence-corrected chi connectivity index (χ2v) is 2.94. The topological polar surface area (TPSA) is 74.9 Å². The van der Waals surface area contributed by atoms with E-state index >= 15 is 0 Å². The van der Waals surface area contributed by atoms with Gasteiger partial charge >= 0.3 is 0 Å². The van der Waals surface area contributed by atoms with E-state index in [2.05, 4.69) is 20.6 Å². The second-order valence-electron chi connectivity index (χ2n) is 2.94. The Balaban J connectivity index is 3.43. The number of hydrazine groups is 1. The van der Waals surface area contributed by atoms with Crippen LogP contribution < -0.4 is 16.6 Å². The summed E-state index contributed by atoms with van der Waals surface area (Å²) in [7, 11) is 5.42. The minimum Gasteiger partial charge on any atom is -0.383 e. The van der Waals surface area contributed by atoms with Gasteiger partial charge in [-0.1, -0.05) is 0 Å². The van der Waals surface area contributed by atoms with Gasteiger partial charge in [0.15, 0.2) is 0 Å². The number of nitrogens with two attached hydrogens (primary N) is 1. The van der Waals surface area contributed by atoms with Crippen molar-refractivity contribution in [1.82, 2.24) is 15.6 Å². The third kappa shape index (κ3) is 6.64. The molecule has 0 fully saturated rings. The average molecular weight is 203 g/mol. The normalized spacial score (nSPS) is 11.9. The highest BCUT2D eigenvalue weighted by atomic mass is 16.5. The van der Waals surface area contributed by atoms with Crippen molar-refractivity contribution < 1.29 is 4.74 Å². The molecule has 0 heterocycles. The van der Waals surface area contributed by atoms with Gasteiger partial charge in [0.25, 0.3) is 0 Å². The molecule has 0 aliphatic rings. The minimum atomic E-state index is 0.602. The molecule has 4 N–H and O–H groups in total. The van der Waals surface area contributed by atoms with Crippen molar-refractivity contribution in [2.45, 2.75) is 0 Å². The summed E-state index contributed by atoms with van der Waals surface area (Å²) in [5.74, 6) is 5.81. The Kier molecular flexibility index (Phi) is 8.20. The number of rotatable bonds is 6. The molecule has 0 spiro atoms. The minimum absolute atomic E-state index is 0.602. The van der Waals surface area contributed by atoms with E-state index in [1.807, 2.05) is 7.05 Å². The smallest absolute Gasteiger partial charge is 0.205 e. The molecule has 0 radical (unpaired) electrons. The summed E-state index contributed by atoms with van der Waals surface area (Å²) in [6, 6.07) is 0. The largest absolute Gasteiger partial charge is 0.383 e. The lowest BCUT2D eigenvalue weighted by atomic mass is 10.5. The summed E-state index contributed by atoms with van der Waals surface area (Å²) in [4.78, 5) is 6.06. The standard InChI is InChI=1S/C8H21N5O/c1-10-8(12-9)11-4-5-13(2)6-7-14-3/h4-7,9H2,1-3H3,(H2,10,11,12). The first-order valence-electron chi connectivity index (χ1n) is 4.59. The number of nitrogens with one attached hydrogen (secondary N) is 2. The first-order chi connectivity index (χ1) is 6.74. The fourth-order valence-corrected chi connectivity index (χ4v) is 0.919. The van der Waals surface area contributed by atoms with Crippen LogP contribution in [-0.4, -0.2) is 58.3 Å². The maximum absolute atomic E-state index is 5.20. The predicted octanol–water partition coefficient (Wildman–Crippen LogP) is -1.40. The van der Waals surface area contributed by atoms with Crippen LogP contribution in [-0.2, 0) is 4.74 Å². The quantitative estimate of drug-likeness (QED) is 0.214. The van der Waals surface area contributed by atoms with Crippen LogP contribution in [0.15, 0.2) is 4.99 Å². The fraction of sp³-hybridized carbons (Fsp3) is 0.875. The van der Waals surface area contributed by atoms with Crippen LogP contribution in [0, 0.1) is 0 Å². The molecule has 0 atom stereocenters. The summed E-state index contributed by atoms with van der Waals surface area (Å²) in [5.41, 5.74) is 2.46. The van der Waals surface area contributed by atoms with Gasteiger partial charge in [-0.2, -0.15) is 0 Å². The van der Waals surface area contributed by atoms with E-state index in [-0.39, 0.29) is 0 Å². The van der Waals surface area contributed by atoms with Gasteiger partial charge in [0, 0.05) is 33.8 Å². The van der Waals surface area contributed by atoms with Crippen LogP contribution in [0.25, 0.3) is 0 Å². The fourth-order valence-electron chi connectivity index (χ4n) is 0.919. The highest BCUT2D eigenvalue weighted by Gasteiger charge is 1.98. The van der Waals surface area contributed by atoms with Gasteiger partial charge in [-0.15, -0.1) is 0 Å². The molecule has 0 aromatic heterocycles. The Hall–Kier alpha value is -0.850. The van der Waals surface area contributed by atoms with E-state index in [0.29, 0.717) is 5.96 Å². The summed E-state index contributed by atoms with van der Waals surface area (Å²) in [6.07, 6.45) is 0. The van der Waals surface area contributed by atoms with Crippen LogP contribution >= 0.6 is 0 Å². The molecule has 0 unspecified atom stereocenters. The summed E-state index contributed by atoms with van der Waals surface area (Å²) in [5, 5.41) is 3.06. The number of hydrogen-bond acceptors (Lipinski definition) is 4. The van der Waals surface area contributed by atoms with Crippen molar-refractivity contribution in [3.8, 4) is 0 Å². The van der Waals surface area contributed by atoms with Crippen molar-refractivity contribution in [3.05, 3.63) is 0 Å². The van der Waals surface area contributed by atoms with Crippen molar-refractivity contribution in [2.75, 3.05) is 47.4 Å². The molecule has 0 amide bonds. The highest BCUT2D eigenvalue weighted by Crippen LogP contribution is 1.80. The molecular weight excluding hydrogens is 182 g/mol. The lowest BCUT2D eigenvalue weighted by molar-refractivity contribution is 0.162. The number of aliphatic imine (C=N–C) groups is 1. The number of ether oxygens (including phenoxy) is 1. The lowest BCUT2D eigenvalue weighted by Crippen LogP contribution is -2.44. The Morgan fingerprint density at radius 1 is 1.50 bits per heavy atom. The number of hydrogen-bond donors (Lipinski definition) is 3. The summed E-state index contributed by atoms with van der Waals surface area (Å²) >= 11 is 0. The Morgan fingerprint density at radius 2 is 2.21 bits per heavy atom. The molecule has 14 heavy (non-hydrogen) atoms. The molecule has 0 saturated heterocycles. The van der Waals surface area contributed by atoms with Crippen LogP contribution in [0.3, 0.4) is 0 Å². The SMILES string of the molecule is CN=C(NN)NCCN(C)CCOC. The molecule has 0 aromatic rings. The molecule has 84 valence electrons. The van der Waals surface area contributed by atoms with Crippen molar-refractivity contribution in [2.24, 2.45) is 10.8 Å². The van der Waals surface area contributed by atoms with Gasteiger partial charge < -0.3 is 15.0 Å². The number of guanidine groups is 1. The van der Waals surface area contributed by atoms with E-state index in [0.717, 1.165) is 26.2 Å². The molecule has 0 aliphatic heterocycles. The van der Waals surface area contributed by atoms with Gasteiger partial charge in [0.1, 0.15) is 0 Å². The van der Waals surface area contributed by atoms with Crippen LogP contribution in [0.2, 0.25) is 0 Å². The van der Waals surface area contributed by atoms with E-state index < -0.39 is 0 Å². The van der Waals surface area contributed by atoms with Crippen LogP contribution in [0.5, 0.6) is 0 Å². The molecular formula is C8H21N5O. The van der Waals surface area contributed by atoms with E-state index in [4.69, 9.17) is 10.6 Å². The molecule has 0 bridgehead atoms. The van der Waals surface area contributed by atoms with Gasteiger partial charge in [0.2, 0.25) is 5.96 Å². The molecule has 0 aromatic carbocycles. The van der Waals surface area contributed by atoms with Crippen molar-refractivity contribution in [3.63, 3.8) is 0 Å². The maximum atomic E-state index is 5.20. The molecule has 6 heteroatoms. The van der Waals surface area contributed by atoms with E-state index in [9.17, 15) is 0 Å². The number of likely N-dealkylation sites (N-methyl/N-ethyl adjacent to an activating group) is 1. The first kappa shape index (κ1) is 13.2. The zero-order valence-corrected chi connectivity index (χ0v) is 9.21. The van der Waals surface area contributed by atoms with Gasteiger partial charge in [0.05, 0.1) is 6.61 Å². The Labute approximate surface area is 85.5 Å². The van der Waals surface area contributed by atoms with E-state index in [1.54, 1.807) is 14.2 Å². The zero-order valence-electron chi connectivity index (χ0n) is 9.21. The predicted molar refractivity (Wildman–Crippen MR) is 58.1 cm³/mol. The second kappa shape index (κ2) is 8.74. The van der Waals surface area contributed by atoms with E-state index in [1.165, 1.54) is 0 Å². The van der Waals surface area contributed by atoms with Gasteiger partial charge in [-0.25, -0.2) is 5.84 Å². The summed E-state index contributed by atoms with van der Waals surface area (Å²) in [6.45, 7) is 3.40. The maximum Gasteiger partial charge on any atom is 0.205 e. The lowest BCUT2D eigenvalue weighted by Gasteiger charge is -2.16. The zero-order chi connectivity index (χ0) is 10.8. The van der Waals surface area contributed by atoms with Gasteiger partial charge in [-0.3, -0.25) is 10.4 Å². The number of methoxy groups -OCH3 is 1. The first-order valence-corrected chi connectivity index (χ1v) is 4.59. The van der Waals surface area contributed by atoms with Crippen molar-refractivity contribution >= 4 is 5.96 Å². The number of nitrogens with zero attached hydrogens (tertiary/aromatic N) is 2. The summed E-state index contributed by atoms with van der Waals surface area (Å²) < 4.78 is 4.96. The molecule has 0 aliphatic carbocycles. The Bertz CT molecular complexity index is 162. The van der Waals surface area contributed by atoms with Gasteiger partial charge in [-0.05, 0) is 7.05 Å². The van der Waals surface area contributed by atoms with Crippen LogP contribution in [0.1, 0.15) is 0 Å². The molecule has 6 nitrogen and oxygen atoms in total. The third-order valence-corrected chi connectivity index (χ3v) is 1.82. The average Bonchev–Trinajstić information content (AvgIpc) is 2.21.